The van der Waals surface area contributed by atoms with E-state index in [1.54, 1.807) is 7.05 Å². The molecule has 0 saturated heterocycles. The van der Waals surface area contributed by atoms with Gasteiger partial charge in [0.2, 0.25) is 12.2 Å². The van der Waals surface area contributed by atoms with Crippen LogP contribution in [-0.4, -0.2) is 36.9 Å². The quantitative estimate of drug-likeness (QED) is 0.325. The predicted octanol–water partition coefficient (Wildman–Crippen LogP) is 3.61. The number of carbonyl (C=O) groups excluding carboxylic acids is 1. The maximum Gasteiger partial charge on any atom is 0.306 e. The van der Waals surface area contributed by atoms with Gasteiger partial charge in [-0.1, -0.05) is 18.2 Å². The fraction of sp³-hybridized carbons (Fsp3) is 0.348. The third-order valence-electron chi connectivity index (χ3n) is 5.39. The van der Waals surface area contributed by atoms with Crippen LogP contribution in [0, 0.1) is 5.41 Å². The van der Waals surface area contributed by atoms with Crippen LogP contribution in [0.5, 0.6) is 11.5 Å². The molecule has 6 nitrogen and oxygen atoms in total. The van der Waals surface area contributed by atoms with Gasteiger partial charge >= 0.3 is 5.97 Å². The van der Waals surface area contributed by atoms with Crippen LogP contribution in [0.1, 0.15) is 41.9 Å². The van der Waals surface area contributed by atoms with Crippen molar-refractivity contribution in [3.8, 4) is 11.5 Å². The van der Waals surface area contributed by atoms with Crippen molar-refractivity contribution in [2.75, 3.05) is 14.2 Å². The first-order chi connectivity index (χ1) is 14.0. The van der Waals surface area contributed by atoms with E-state index in [1.165, 1.54) is 35.7 Å². The van der Waals surface area contributed by atoms with E-state index in [1.807, 2.05) is 30.3 Å². The molecule has 2 aromatic carbocycles. The van der Waals surface area contributed by atoms with Crippen molar-refractivity contribution < 1.29 is 18.8 Å². The lowest BCUT2D eigenvalue weighted by molar-refractivity contribution is -0.365. The van der Waals surface area contributed by atoms with Crippen LogP contribution < -0.4 is 10.5 Å². The maximum atomic E-state index is 11.8. The third kappa shape index (κ3) is 5.02. The molecule has 0 fully saturated rings. The Hall–Kier alpha value is -3.15. The van der Waals surface area contributed by atoms with Crippen LogP contribution in [0.15, 0.2) is 42.5 Å². The normalized spacial score (nSPS) is 15.0. The molecule has 1 aliphatic carbocycles. The molecule has 2 aromatic rings. The summed E-state index contributed by atoms with van der Waals surface area (Å²) in [5.74, 6) is 1.23. The van der Waals surface area contributed by atoms with Gasteiger partial charge < -0.3 is 15.2 Å². The molecule has 6 heteroatoms. The van der Waals surface area contributed by atoms with Gasteiger partial charge in [-0.05, 0) is 66.6 Å². The second-order valence-corrected chi connectivity index (χ2v) is 7.31. The molecule has 152 valence electrons. The molecule has 0 saturated carbocycles. The third-order valence-corrected chi connectivity index (χ3v) is 5.39. The van der Waals surface area contributed by atoms with Gasteiger partial charge in [0.15, 0.2) is 0 Å². The van der Waals surface area contributed by atoms with Gasteiger partial charge in [-0.15, -0.1) is 0 Å². The molecule has 0 radical (unpaired) electrons. The van der Waals surface area contributed by atoms with E-state index in [9.17, 15) is 4.79 Å². The predicted molar refractivity (Wildman–Crippen MR) is 113 cm³/mol. The van der Waals surface area contributed by atoms with Gasteiger partial charge in [-0.3, -0.25) is 4.79 Å². The van der Waals surface area contributed by atoms with E-state index in [0.29, 0.717) is 5.84 Å². The topological polar surface area (TPSA) is 88.4 Å². The van der Waals surface area contributed by atoms with Crippen molar-refractivity contribution in [1.82, 2.24) is 0 Å². The van der Waals surface area contributed by atoms with E-state index in [-0.39, 0.29) is 18.3 Å². The number of amidine groups is 1. The molecule has 3 rings (SSSR count). The van der Waals surface area contributed by atoms with Crippen LogP contribution in [0.3, 0.4) is 0 Å². The van der Waals surface area contributed by atoms with Crippen LogP contribution in [0.2, 0.25) is 0 Å². The number of carbonyl (C=O) groups is 1. The molecule has 0 aromatic heterocycles. The molecule has 0 spiro atoms. The van der Waals surface area contributed by atoms with Crippen molar-refractivity contribution in [2.24, 2.45) is 5.73 Å². The summed E-state index contributed by atoms with van der Waals surface area (Å²) >= 11 is 0. The molecule has 0 aliphatic heterocycles. The smallest absolute Gasteiger partial charge is 0.306 e. The van der Waals surface area contributed by atoms with Crippen molar-refractivity contribution in [3.05, 3.63) is 59.2 Å². The highest BCUT2D eigenvalue weighted by atomic mass is 16.5. The molecule has 3 N–H and O–H groups in total. The number of esters is 1. The summed E-state index contributed by atoms with van der Waals surface area (Å²) in [7, 11) is 3.03. The van der Waals surface area contributed by atoms with Gasteiger partial charge in [-0.2, -0.15) is 5.41 Å². The highest BCUT2D eigenvalue weighted by Gasteiger charge is 2.24. The molecular formula is C23H28N3O3+. The number of nitrogens with one attached hydrogen (secondary N) is 1. The molecule has 0 heterocycles. The van der Waals surface area contributed by atoms with Crippen molar-refractivity contribution >= 4 is 18.1 Å². The van der Waals surface area contributed by atoms with Crippen molar-refractivity contribution in [3.63, 3.8) is 0 Å². The first kappa shape index (κ1) is 20.6. The van der Waals surface area contributed by atoms with Gasteiger partial charge in [-0.25, -0.2) is 4.58 Å². The summed E-state index contributed by atoms with van der Waals surface area (Å²) in [6.45, 7) is 0. The van der Waals surface area contributed by atoms with Crippen molar-refractivity contribution in [2.45, 2.75) is 38.0 Å². The molecule has 0 bridgehead atoms. The lowest BCUT2D eigenvalue weighted by atomic mass is 9.92. The molecule has 1 unspecified atom stereocenters. The molecular weight excluding hydrogens is 366 g/mol. The Morgan fingerprint density at radius 3 is 2.45 bits per heavy atom. The van der Waals surface area contributed by atoms with E-state index in [4.69, 9.17) is 20.6 Å². The molecule has 0 amide bonds. The highest BCUT2D eigenvalue weighted by Crippen LogP contribution is 2.29. The summed E-state index contributed by atoms with van der Waals surface area (Å²) in [5.41, 5.74) is 9.84. The Morgan fingerprint density at radius 1 is 1.14 bits per heavy atom. The number of hydrogen-bond donors (Lipinski definition) is 2. The number of ether oxygens (including phenoxy) is 2. The second-order valence-electron chi connectivity index (χ2n) is 7.31. The fourth-order valence-corrected chi connectivity index (χ4v) is 3.64. The number of hydrogen-bond acceptors (Lipinski definition) is 4. The van der Waals surface area contributed by atoms with E-state index >= 15 is 0 Å². The Labute approximate surface area is 171 Å². The van der Waals surface area contributed by atoms with Gasteiger partial charge in [0, 0.05) is 0 Å². The number of rotatable bonds is 7. The molecule has 1 aliphatic rings. The largest absolute Gasteiger partial charge is 0.469 e. The number of nitrogens with zero attached hydrogens (tertiary/aromatic N) is 1. The summed E-state index contributed by atoms with van der Waals surface area (Å²) < 4.78 is 12.3. The Bertz CT molecular complexity index is 919. The number of methoxy groups -OCH3 is 1. The SMILES string of the molecule is COC(=O)CC(C(N)=[N+](C)C=N)c1ccc(Oc2ccc3c(c2)CCCC3)cc1. The summed E-state index contributed by atoms with van der Waals surface area (Å²) in [6.07, 6.45) is 5.96. The zero-order valence-electron chi connectivity index (χ0n) is 17.0. The first-order valence-electron chi connectivity index (χ1n) is 9.84. The summed E-state index contributed by atoms with van der Waals surface area (Å²) in [5, 5.41) is 7.41. The zero-order valence-corrected chi connectivity index (χ0v) is 17.0. The van der Waals surface area contributed by atoms with Crippen molar-refractivity contribution in [1.29, 1.82) is 5.41 Å². The lowest BCUT2D eigenvalue weighted by Crippen LogP contribution is -2.32. The first-order valence-corrected chi connectivity index (χ1v) is 9.84. The van der Waals surface area contributed by atoms with E-state index < -0.39 is 0 Å². The van der Waals surface area contributed by atoms with Crippen LogP contribution in [0.4, 0.5) is 0 Å². The minimum absolute atomic E-state index is 0.103. The molecule has 29 heavy (non-hydrogen) atoms. The van der Waals surface area contributed by atoms with Crippen LogP contribution in [-0.2, 0) is 22.4 Å². The van der Waals surface area contributed by atoms with Crippen LogP contribution in [0.25, 0.3) is 0 Å². The standard InChI is InChI=1S/C23H27N3O3/c1-26(15-24)23(25)21(14-22(27)28-2)17-8-10-19(11-9-17)29-20-12-7-16-5-3-4-6-18(16)13-20/h7-13,15,21,24-25H,3-6,14H2,1-2H3/p+1. The Morgan fingerprint density at radius 2 is 1.79 bits per heavy atom. The van der Waals surface area contributed by atoms with Gasteiger partial charge in [0.1, 0.15) is 11.5 Å². The maximum absolute atomic E-state index is 11.8. The summed E-state index contributed by atoms with van der Waals surface area (Å²) in [4.78, 5) is 11.8. The average molecular weight is 394 g/mol. The lowest BCUT2D eigenvalue weighted by Gasteiger charge is -2.17. The van der Waals surface area contributed by atoms with Crippen LogP contribution >= 0.6 is 0 Å². The minimum Gasteiger partial charge on any atom is -0.469 e. The highest BCUT2D eigenvalue weighted by molar-refractivity contribution is 5.89. The van der Waals surface area contributed by atoms with E-state index in [2.05, 4.69) is 12.1 Å². The summed E-state index contributed by atoms with van der Waals surface area (Å²) in [6, 6.07) is 13.8. The Kier molecular flexibility index (Phi) is 6.65. The Balaban J connectivity index is 1.80. The van der Waals surface area contributed by atoms with E-state index in [0.717, 1.165) is 36.2 Å². The molecule has 1 atom stereocenters. The fourth-order valence-electron chi connectivity index (χ4n) is 3.64. The number of aryl methyl sites for hydroxylation is 2. The van der Waals surface area contributed by atoms with Gasteiger partial charge in [0.05, 0.1) is 26.5 Å². The minimum atomic E-state index is -0.383. The number of nitrogens with two attached hydrogens (primary N) is 1. The number of fused-ring (bicyclic) bond motifs is 1. The monoisotopic (exact) mass is 394 g/mol. The average Bonchev–Trinajstić information content (AvgIpc) is 2.76. The second kappa shape index (κ2) is 9.37. The zero-order chi connectivity index (χ0) is 20.8. The number of benzene rings is 2. The van der Waals surface area contributed by atoms with Gasteiger partial charge in [0.25, 0.3) is 0 Å².